The average Bonchev–Trinajstić information content (AvgIpc) is 3.92. The molecule has 12 rings (SSSR count). The number of anilines is 3. The Morgan fingerprint density at radius 1 is 0.295 bits per heavy atom. The van der Waals surface area contributed by atoms with Gasteiger partial charge in [0.25, 0.3) is 0 Å². The molecule has 0 spiro atoms. The van der Waals surface area contributed by atoms with Crippen molar-refractivity contribution in [1.82, 2.24) is 9.13 Å². The number of fused-ring (bicyclic) bond motifs is 7. The van der Waals surface area contributed by atoms with Gasteiger partial charge < -0.3 is 14.0 Å². The van der Waals surface area contributed by atoms with Crippen LogP contribution in [0.1, 0.15) is 0 Å². The topological polar surface area (TPSA) is 13.1 Å². The number of nitrogens with zero attached hydrogens (tertiary/aromatic N) is 3. The monoisotopic (exact) mass is 777 g/mol. The number of benzene rings is 10. The predicted octanol–water partition coefficient (Wildman–Crippen LogP) is 15.8. The van der Waals surface area contributed by atoms with E-state index < -0.39 is 0 Å². The van der Waals surface area contributed by atoms with Crippen LogP contribution < -0.4 is 4.90 Å². The standard InChI is InChI=1S/C58H39N3/c1-3-14-40(15-4-1)46-34-47(41-16-5-2-6-17-41)38-52(37-46)59-33-32-55-56(59)31-30-54-53-24-11-12-25-57(53)61(58(54)55)49-23-13-22-48(39-49)60(50-28-26-42-18-7-9-20-44(42)35-50)51-29-27-43-19-8-10-21-45(43)36-51/h1-39H. The average molecular weight is 778 g/mol. The van der Waals surface area contributed by atoms with E-state index in [1.165, 1.54) is 71.0 Å². The Bertz CT molecular complexity index is 3460. The molecule has 0 saturated carbocycles. The highest BCUT2D eigenvalue weighted by Gasteiger charge is 2.20. The summed E-state index contributed by atoms with van der Waals surface area (Å²) in [5, 5.41) is 8.53. The summed E-state index contributed by atoms with van der Waals surface area (Å²) >= 11 is 0. The van der Waals surface area contributed by atoms with E-state index in [-0.39, 0.29) is 0 Å². The highest BCUT2D eigenvalue weighted by molar-refractivity contribution is 6.18. The van der Waals surface area contributed by atoms with E-state index in [4.69, 9.17) is 0 Å². The van der Waals surface area contributed by atoms with Gasteiger partial charge in [-0.3, -0.25) is 0 Å². The molecule has 61 heavy (non-hydrogen) atoms. The number of para-hydroxylation sites is 1. The molecule has 3 heteroatoms. The summed E-state index contributed by atoms with van der Waals surface area (Å²) in [7, 11) is 0. The minimum Gasteiger partial charge on any atom is -0.316 e. The van der Waals surface area contributed by atoms with Gasteiger partial charge in [-0.15, -0.1) is 0 Å². The molecule has 0 radical (unpaired) electrons. The molecule has 12 aromatic rings. The van der Waals surface area contributed by atoms with E-state index in [0.29, 0.717) is 0 Å². The minimum atomic E-state index is 1.09. The van der Waals surface area contributed by atoms with Crippen molar-refractivity contribution in [2.45, 2.75) is 0 Å². The summed E-state index contributed by atoms with van der Waals surface area (Å²) in [4.78, 5) is 2.40. The third-order valence-corrected chi connectivity index (χ3v) is 12.2. The molecule has 0 aliphatic carbocycles. The lowest BCUT2D eigenvalue weighted by Crippen LogP contribution is -2.10. The maximum atomic E-state index is 2.47. The zero-order valence-corrected chi connectivity index (χ0v) is 33.4. The van der Waals surface area contributed by atoms with Crippen LogP contribution in [-0.2, 0) is 0 Å². The van der Waals surface area contributed by atoms with Crippen molar-refractivity contribution in [3.63, 3.8) is 0 Å². The summed E-state index contributed by atoms with van der Waals surface area (Å²) in [5.41, 5.74) is 13.8. The molecule has 0 N–H and O–H groups in total. The largest absolute Gasteiger partial charge is 0.316 e. The third-order valence-electron chi connectivity index (χ3n) is 12.2. The van der Waals surface area contributed by atoms with Crippen molar-refractivity contribution < 1.29 is 0 Å². The fraction of sp³-hybridized carbons (Fsp3) is 0. The Labute approximate surface area is 354 Å². The van der Waals surface area contributed by atoms with Crippen molar-refractivity contribution in [3.05, 3.63) is 237 Å². The highest BCUT2D eigenvalue weighted by atomic mass is 15.1. The Hall–Kier alpha value is -8.14. The molecule has 0 unspecified atom stereocenters. The molecule has 0 aliphatic rings. The third kappa shape index (κ3) is 5.98. The van der Waals surface area contributed by atoms with Crippen molar-refractivity contribution in [2.75, 3.05) is 4.90 Å². The SMILES string of the molecule is c1ccc(-c2cc(-c3ccccc3)cc(-n3ccc4c3ccc3c5ccccc5n(-c5cccc(N(c6ccc7ccccc7c6)c6ccc7ccccc7c6)c5)c34)c2)cc1. The zero-order valence-electron chi connectivity index (χ0n) is 33.4. The van der Waals surface area contributed by atoms with Crippen LogP contribution in [0.5, 0.6) is 0 Å². The lowest BCUT2D eigenvalue weighted by molar-refractivity contribution is 1.13. The molecule has 0 amide bonds. The summed E-state index contributed by atoms with van der Waals surface area (Å²) in [6.07, 6.45) is 2.24. The normalized spacial score (nSPS) is 11.6. The van der Waals surface area contributed by atoms with E-state index in [9.17, 15) is 0 Å². The smallest absolute Gasteiger partial charge is 0.0635 e. The Balaban J connectivity index is 1.06. The first kappa shape index (κ1) is 34.9. The Morgan fingerprint density at radius 3 is 1.52 bits per heavy atom. The van der Waals surface area contributed by atoms with Gasteiger partial charge in [-0.1, -0.05) is 152 Å². The number of hydrogen-bond donors (Lipinski definition) is 0. The molecular weight excluding hydrogens is 739 g/mol. The minimum absolute atomic E-state index is 1.09. The number of aromatic nitrogens is 2. The summed E-state index contributed by atoms with van der Waals surface area (Å²) in [6.45, 7) is 0. The highest BCUT2D eigenvalue weighted by Crippen LogP contribution is 2.42. The zero-order chi connectivity index (χ0) is 40.3. The van der Waals surface area contributed by atoms with Crippen molar-refractivity contribution >= 4 is 71.3 Å². The first-order chi connectivity index (χ1) is 30.2. The van der Waals surface area contributed by atoms with E-state index in [1.807, 2.05) is 0 Å². The lowest BCUT2D eigenvalue weighted by Gasteiger charge is -2.27. The van der Waals surface area contributed by atoms with Crippen molar-refractivity contribution in [3.8, 4) is 33.6 Å². The van der Waals surface area contributed by atoms with Crippen LogP contribution in [0.15, 0.2) is 237 Å². The molecule has 0 bridgehead atoms. The van der Waals surface area contributed by atoms with Gasteiger partial charge in [0.1, 0.15) is 0 Å². The summed E-state index contributed by atoms with van der Waals surface area (Å²) in [5.74, 6) is 0. The van der Waals surface area contributed by atoms with E-state index in [1.54, 1.807) is 0 Å². The summed E-state index contributed by atoms with van der Waals surface area (Å²) in [6, 6.07) is 83.8. The van der Waals surface area contributed by atoms with E-state index >= 15 is 0 Å². The molecule has 3 nitrogen and oxygen atoms in total. The van der Waals surface area contributed by atoms with Crippen LogP contribution in [0.25, 0.3) is 87.9 Å². The molecular formula is C58H39N3. The van der Waals surface area contributed by atoms with Crippen LogP contribution in [-0.4, -0.2) is 9.13 Å². The van der Waals surface area contributed by atoms with Crippen molar-refractivity contribution in [2.24, 2.45) is 0 Å². The maximum Gasteiger partial charge on any atom is 0.0635 e. The molecule has 0 aliphatic heterocycles. The molecule has 286 valence electrons. The van der Waals surface area contributed by atoms with E-state index in [0.717, 1.165) is 34.0 Å². The van der Waals surface area contributed by atoms with Gasteiger partial charge in [-0.25, -0.2) is 0 Å². The van der Waals surface area contributed by atoms with Crippen LogP contribution in [0.2, 0.25) is 0 Å². The van der Waals surface area contributed by atoms with Gasteiger partial charge in [0.2, 0.25) is 0 Å². The van der Waals surface area contributed by atoms with Crippen LogP contribution >= 0.6 is 0 Å². The van der Waals surface area contributed by atoms with Gasteiger partial charge in [0.15, 0.2) is 0 Å². The van der Waals surface area contributed by atoms with Crippen LogP contribution in [0, 0.1) is 0 Å². The van der Waals surface area contributed by atoms with E-state index in [2.05, 4.69) is 251 Å². The first-order valence-electron chi connectivity index (χ1n) is 20.9. The molecule has 10 aromatic carbocycles. The lowest BCUT2D eigenvalue weighted by atomic mass is 9.98. The van der Waals surface area contributed by atoms with Gasteiger partial charge in [-0.2, -0.15) is 0 Å². The molecule has 0 saturated heterocycles. The second-order valence-corrected chi connectivity index (χ2v) is 15.9. The predicted molar refractivity (Wildman–Crippen MR) is 258 cm³/mol. The fourth-order valence-electron chi connectivity index (χ4n) is 9.36. The quantitative estimate of drug-likeness (QED) is 0.157. The number of hydrogen-bond acceptors (Lipinski definition) is 1. The molecule has 2 aromatic heterocycles. The molecule has 0 atom stereocenters. The second kappa shape index (κ2) is 14.3. The fourth-order valence-corrected chi connectivity index (χ4v) is 9.36. The molecule has 2 heterocycles. The van der Waals surface area contributed by atoms with Gasteiger partial charge in [0.05, 0.1) is 16.6 Å². The van der Waals surface area contributed by atoms with Gasteiger partial charge in [0, 0.05) is 50.8 Å². The van der Waals surface area contributed by atoms with Crippen LogP contribution in [0.3, 0.4) is 0 Å². The Morgan fingerprint density at radius 2 is 0.869 bits per heavy atom. The van der Waals surface area contributed by atoms with Gasteiger partial charge in [-0.05, 0) is 123 Å². The number of rotatable bonds is 7. The van der Waals surface area contributed by atoms with Crippen LogP contribution in [0.4, 0.5) is 17.1 Å². The van der Waals surface area contributed by atoms with Crippen molar-refractivity contribution in [1.29, 1.82) is 0 Å². The Kier molecular flexibility index (Phi) is 8.17. The first-order valence-corrected chi connectivity index (χ1v) is 20.9. The second-order valence-electron chi connectivity index (χ2n) is 15.9. The maximum absolute atomic E-state index is 2.47. The van der Waals surface area contributed by atoms with Gasteiger partial charge >= 0.3 is 0 Å². The molecule has 0 fully saturated rings. The summed E-state index contributed by atoms with van der Waals surface area (Å²) < 4.78 is 4.82.